The Hall–Kier alpha value is -2.10. The van der Waals surface area contributed by atoms with Gasteiger partial charge < -0.3 is 9.32 Å². The molecule has 1 aliphatic heterocycles. The average Bonchev–Trinajstić information content (AvgIpc) is 3.11. The lowest BCUT2D eigenvalue weighted by Gasteiger charge is -2.41. The summed E-state index contributed by atoms with van der Waals surface area (Å²) in [6.07, 6.45) is 6.25. The highest BCUT2D eigenvalue weighted by atomic mass is 19.1. The molecule has 1 aromatic carbocycles. The maximum absolute atomic E-state index is 13.9. The number of piperidine rings is 1. The van der Waals surface area contributed by atoms with Gasteiger partial charge in [-0.05, 0) is 48.9 Å². The molecule has 1 amide bonds. The number of likely N-dealkylation sites (tertiary alicyclic amines) is 1. The van der Waals surface area contributed by atoms with Crippen LogP contribution in [0.4, 0.5) is 4.39 Å². The van der Waals surface area contributed by atoms with Crippen molar-refractivity contribution in [1.29, 1.82) is 0 Å². The minimum absolute atomic E-state index is 0.0680. The number of hydrogen-bond donors (Lipinski definition) is 0. The smallest absolute Gasteiger partial charge is 0.289 e. The molecule has 24 heavy (non-hydrogen) atoms. The fourth-order valence-electron chi connectivity index (χ4n) is 4.20. The van der Waals surface area contributed by atoms with Gasteiger partial charge >= 0.3 is 0 Å². The summed E-state index contributed by atoms with van der Waals surface area (Å²) >= 11 is 0. The lowest BCUT2D eigenvalue weighted by Crippen LogP contribution is -2.44. The van der Waals surface area contributed by atoms with Crippen LogP contribution < -0.4 is 0 Å². The summed E-state index contributed by atoms with van der Waals surface area (Å²) in [4.78, 5) is 14.7. The van der Waals surface area contributed by atoms with Crippen LogP contribution in [-0.2, 0) is 0 Å². The van der Waals surface area contributed by atoms with Crippen LogP contribution >= 0.6 is 0 Å². The maximum atomic E-state index is 13.9. The fourth-order valence-corrected chi connectivity index (χ4v) is 4.20. The van der Waals surface area contributed by atoms with E-state index in [1.165, 1.54) is 31.7 Å². The van der Waals surface area contributed by atoms with Crippen molar-refractivity contribution >= 4 is 5.91 Å². The van der Waals surface area contributed by atoms with Crippen molar-refractivity contribution in [3.8, 4) is 11.3 Å². The normalized spacial score (nSPS) is 23.8. The Bertz CT molecular complexity index is 739. The molecule has 0 bridgehead atoms. The Balaban J connectivity index is 1.50. The highest BCUT2D eigenvalue weighted by Crippen LogP contribution is 2.36. The lowest BCUT2D eigenvalue weighted by atomic mass is 9.75. The molecule has 4 heteroatoms. The molecule has 2 heterocycles. The number of fused-ring (bicyclic) bond motifs is 1. The molecule has 0 radical (unpaired) electrons. The number of halogens is 1. The molecule has 2 atom stereocenters. The molecule has 1 aromatic heterocycles. The van der Waals surface area contributed by atoms with E-state index in [2.05, 4.69) is 0 Å². The highest BCUT2D eigenvalue weighted by molar-refractivity contribution is 5.92. The molecule has 1 aliphatic carbocycles. The quantitative estimate of drug-likeness (QED) is 0.798. The molecule has 2 aliphatic rings. The van der Waals surface area contributed by atoms with Crippen LogP contribution in [0.5, 0.6) is 0 Å². The largest absolute Gasteiger partial charge is 0.451 e. The predicted octanol–water partition coefficient (Wildman–Crippen LogP) is 4.74. The Labute approximate surface area is 141 Å². The Morgan fingerprint density at radius 1 is 1.04 bits per heavy atom. The molecule has 1 saturated heterocycles. The zero-order valence-corrected chi connectivity index (χ0v) is 13.7. The standard InChI is InChI=1S/C20H22FNO2/c21-17-8-4-3-7-16(17)18-9-10-19(24-18)20(23)22-12-11-14-5-1-2-6-15(14)13-22/h3-4,7-10,14-15H,1-2,5-6,11-13H2/t14-,15+/m0/s1. The Kier molecular flexibility index (Phi) is 4.13. The average molecular weight is 327 g/mol. The predicted molar refractivity (Wildman–Crippen MR) is 90.1 cm³/mol. The van der Waals surface area contributed by atoms with Gasteiger partial charge in [0.25, 0.3) is 5.91 Å². The number of carbonyl (C=O) groups is 1. The molecule has 4 rings (SSSR count). The van der Waals surface area contributed by atoms with Gasteiger partial charge in [-0.15, -0.1) is 0 Å². The summed E-state index contributed by atoms with van der Waals surface area (Å²) in [6, 6.07) is 9.80. The van der Waals surface area contributed by atoms with Crippen molar-refractivity contribution in [2.45, 2.75) is 32.1 Å². The summed E-state index contributed by atoms with van der Waals surface area (Å²) in [5.41, 5.74) is 0.391. The van der Waals surface area contributed by atoms with Gasteiger partial charge in [0.1, 0.15) is 11.6 Å². The van der Waals surface area contributed by atoms with Crippen LogP contribution in [0.15, 0.2) is 40.8 Å². The van der Waals surface area contributed by atoms with E-state index in [0.717, 1.165) is 25.4 Å². The van der Waals surface area contributed by atoms with E-state index in [9.17, 15) is 9.18 Å². The number of benzene rings is 1. The number of carbonyl (C=O) groups excluding carboxylic acids is 1. The second-order valence-electron chi connectivity index (χ2n) is 6.99. The second-order valence-corrected chi connectivity index (χ2v) is 6.99. The third-order valence-corrected chi connectivity index (χ3v) is 5.53. The van der Waals surface area contributed by atoms with Crippen LogP contribution in [0.1, 0.15) is 42.7 Å². The molecule has 0 spiro atoms. The zero-order valence-electron chi connectivity index (χ0n) is 13.7. The van der Waals surface area contributed by atoms with Crippen LogP contribution in [0, 0.1) is 17.7 Å². The molecule has 3 nitrogen and oxygen atoms in total. The zero-order chi connectivity index (χ0) is 16.5. The van der Waals surface area contributed by atoms with Gasteiger partial charge in [-0.3, -0.25) is 4.79 Å². The third-order valence-electron chi connectivity index (χ3n) is 5.53. The first kappa shape index (κ1) is 15.4. The molecule has 2 aromatic rings. The van der Waals surface area contributed by atoms with Crippen LogP contribution in [-0.4, -0.2) is 23.9 Å². The van der Waals surface area contributed by atoms with Crippen molar-refractivity contribution in [3.05, 3.63) is 48.0 Å². The van der Waals surface area contributed by atoms with Gasteiger partial charge in [-0.2, -0.15) is 0 Å². The summed E-state index contributed by atoms with van der Waals surface area (Å²) in [5, 5.41) is 0. The number of hydrogen-bond acceptors (Lipinski definition) is 2. The van der Waals surface area contributed by atoms with E-state index in [0.29, 0.717) is 23.0 Å². The van der Waals surface area contributed by atoms with Crippen molar-refractivity contribution in [3.63, 3.8) is 0 Å². The minimum Gasteiger partial charge on any atom is -0.451 e. The van der Waals surface area contributed by atoms with Crippen molar-refractivity contribution in [1.82, 2.24) is 4.90 Å². The van der Waals surface area contributed by atoms with Gasteiger partial charge in [0, 0.05) is 13.1 Å². The van der Waals surface area contributed by atoms with Crippen molar-refractivity contribution in [2.75, 3.05) is 13.1 Å². The second kappa shape index (κ2) is 6.42. The van der Waals surface area contributed by atoms with Gasteiger partial charge in [-0.1, -0.05) is 31.4 Å². The van der Waals surface area contributed by atoms with Crippen LogP contribution in [0.2, 0.25) is 0 Å². The first-order valence-electron chi connectivity index (χ1n) is 8.86. The lowest BCUT2D eigenvalue weighted by molar-refractivity contribution is 0.0493. The van der Waals surface area contributed by atoms with E-state index < -0.39 is 0 Å². The molecular weight excluding hydrogens is 305 g/mol. The maximum Gasteiger partial charge on any atom is 0.289 e. The SMILES string of the molecule is O=C(c1ccc(-c2ccccc2F)o1)N1CC[C@@H]2CCCC[C@@H]2C1. The summed E-state index contributed by atoms with van der Waals surface area (Å²) in [7, 11) is 0. The van der Waals surface area contributed by atoms with Crippen molar-refractivity contribution < 1.29 is 13.6 Å². The van der Waals surface area contributed by atoms with E-state index >= 15 is 0 Å². The first-order chi connectivity index (χ1) is 11.7. The molecule has 126 valence electrons. The number of nitrogens with zero attached hydrogens (tertiary/aromatic N) is 1. The van der Waals surface area contributed by atoms with E-state index in [-0.39, 0.29) is 11.7 Å². The van der Waals surface area contributed by atoms with Crippen LogP contribution in [0.3, 0.4) is 0 Å². The Morgan fingerprint density at radius 3 is 2.67 bits per heavy atom. The van der Waals surface area contributed by atoms with Crippen molar-refractivity contribution in [2.24, 2.45) is 11.8 Å². The summed E-state index contributed by atoms with van der Waals surface area (Å²) in [5.74, 6) is 1.73. The van der Waals surface area contributed by atoms with Crippen LogP contribution in [0.25, 0.3) is 11.3 Å². The molecule has 0 unspecified atom stereocenters. The number of rotatable bonds is 2. The monoisotopic (exact) mass is 327 g/mol. The first-order valence-corrected chi connectivity index (χ1v) is 8.86. The fraction of sp³-hybridized carbons (Fsp3) is 0.450. The number of amides is 1. The molecule has 0 N–H and O–H groups in total. The van der Waals surface area contributed by atoms with Gasteiger partial charge in [0.15, 0.2) is 5.76 Å². The van der Waals surface area contributed by atoms with Gasteiger partial charge in [0.2, 0.25) is 0 Å². The third kappa shape index (κ3) is 2.85. The van der Waals surface area contributed by atoms with E-state index in [4.69, 9.17) is 4.42 Å². The highest BCUT2D eigenvalue weighted by Gasteiger charge is 2.34. The van der Waals surface area contributed by atoms with Gasteiger partial charge in [0.05, 0.1) is 5.56 Å². The molecule has 2 fully saturated rings. The van der Waals surface area contributed by atoms with E-state index in [1.807, 2.05) is 4.90 Å². The molecular formula is C20H22FNO2. The summed E-state index contributed by atoms with van der Waals surface area (Å²) < 4.78 is 19.5. The van der Waals surface area contributed by atoms with Gasteiger partial charge in [-0.25, -0.2) is 4.39 Å². The number of furan rings is 1. The molecule has 1 saturated carbocycles. The topological polar surface area (TPSA) is 33.5 Å². The summed E-state index contributed by atoms with van der Waals surface area (Å²) in [6.45, 7) is 1.63. The Morgan fingerprint density at radius 2 is 1.83 bits per heavy atom. The minimum atomic E-state index is -0.339. The van der Waals surface area contributed by atoms with E-state index in [1.54, 1.807) is 30.3 Å².